The third kappa shape index (κ3) is 3.18. The van der Waals surface area contributed by atoms with E-state index < -0.39 is 4.92 Å². The molecule has 0 aliphatic carbocycles. The van der Waals surface area contributed by atoms with Crippen molar-refractivity contribution in [2.45, 2.75) is 26.3 Å². The van der Waals surface area contributed by atoms with Crippen molar-refractivity contribution in [3.63, 3.8) is 0 Å². The number of nitro groups is 1. The molecule has 0 saturated heterocycles. The Morgan fingerprint density at radius 1 is 1.50 bits per heavy atom. The Bertz CT molecular complexity index is 597. The summed E-state index contributed by atoms with van der Waals surface area (Å²) in [6, 6.07) is 6.12. The van der Waals surface area contributed by atoms with Crippen LogP contribution >= 0.6 is 0 Å². The topological polar surface area (TPSA) is 94.1 Å². The van der Waals surface area contributed by atoms with Gasteiger partial charge in [-0.25, -0.2) is 0 Å². The molecule has 0 spiro atoms. The van der Waals surface area contributed by atoms with E-state index in [0.717, 1.165) is 13.0 Å². The summed E-state index contributed by atoms with van der Waals surface area (Å²) < 4.78 is 5.18. The van der Waals surface area contributed by atoms with Crippen LogP contribution in [0.3, 0.4) is 0 Å². The van der Waals surface area contributed by atoms with Gasteiger partial charge in [-0.15, -0.1) is 0 Å². The van der Waals surface area contributed by atoms with Gasteiger partial charge < -0.3 is 9.84 Å². The lowest BCUT2D eigenvalue weighted by atomic mass is 10.2. The van der Waals surface area contributed by atoms with Gasteiger partial charge in [0.2, 0.25) is 11.7 Å². The minimum atomic E-state index is -0.448. The number of rotatable bonds is 6. The molecular weight excluding hydrogens is 260 g/mol. The van der Waals surface area contributed by atoms with Crippen LogP contribution in [0.2, 0.25) is 0 Å². The van der Waals surface area contributed by atoms with Crippen LogP contribution < -0.4 is 5.32 Å². The van der Waals surface area contributed by atoms with Gasteiger partial charge in [-0.1, -0.05) is 24.2 Å². The Morgan fingerprint density at radius 3 is 3.00 bits per heavy atom. The number of aromatic nitrogens is 2. The van der Waals surface area contributed by atoms with Crippen molar-refractivity contribution in [1.29, 1.82) is 0 Å². The van der Waals surface area contributed by atoms with Crippen LogP contribution in [0.1, 0.15) is 32.2 Å². The fourth-order valence-corrected chi connectivity index (χ4v) is 1.74. The van der Waals surface area contributed by atoms with E-state index in [1.54, 1.807) is 12.1 Å². The highest BCUT2D eigenvalue weighted by Crippen LogP contribution is 2.22. The second-order valence-corrected chi connectivity index (χ2v) is 4.44. The summed E-state index contributed by atoms with van der Waals surface area (Å²) in [7, 11) is 0. The normalized spacial score (nSPS) is 12.3. The van der Waals surface area contributed by atoms with Crippen molar-refractivity contribution in [2.24, 2.45) is 0 Å². The highest BCUT2D eigenvalue weighted by Gasteiger charge is 2.16. The molecular formula is C13H16N4O3. The van der Waals surface area contributed by atoms with Crippen molar-refractivity contribution >= 4 is 5.69 Å². The summed E-state index contributed by atoms with van der Waals surface area (Å²) >= 11 is 0. The summed E-state index contributed by atoms with van der Waals surface area (Å²) in [5.41, 5.74) is 0.572. The summed E-state index contributed by atoms with van der Waals surface area (Å²) in [6.45, 7) is 4.86. The first-order chi connectivity index (χ1) is 9.61. The maximum Gasteiger partial charge on any atom is 0.270 e. The highest BCUT2D eigenvalue weighted by molar-refractivity contribution is 5.58. The molecule has 1 aromatic heterocycles. The average molecular weight is 276 g/mol. The Kier molecular flexibility index (Phi) is 4.41. The first-order valence-corrected chi connectivity index (χ1v) is 6.43. The van der Waals surface area contributed by atoms with Crippen LogP contribution in [0.5, 0.6) is 0 Å². The monoisotopic (exact) mass is 276 g/mol. The van der Waals surface area contributed by atoms with Crippen LogP contribution in [0.25, 0.3) is 11.4 Å². The van der Waals surface area contributed by atoms with Gasteiger partial charge in [0.05, 0.1) is 11.0 Å². The van der Waals surface area contributed by atoms with Crippen molar-refractivity contribution < 1.29 is 9.45 Å². The van der Waals surface area contributed by atoms with E-state index in [-0.39, 0.29) is 11.7 Å². The lowest BCUT2D eigenvalue weighted by Crippen LogP contribution is -2.19. The summed E-state index contributed by atoms with van der Waals surface area (Å²) in [4.78, 5) is 14.6. The molecule has 0 aliphatic rings. The summed E-state index contributed by atoms with van der Waals surface area (Å²) in [6.07, 6.45) is 1.01. The third-order valence-electron chi connectivity index (χ3n) is 2.83. The average Bonchev–Trinajstić information content (AvgIpc) is 2.94. The standard InChI is InChI=1S/C13H16N4O3/c1-3-7-14-9(2)13-15-12(16-20-13)10-5-4-6-11(8-10)17(18)19/h4-6,8-9,14H,3,7H2,1-2H3. The molecule has 0 aliphatic heterocycles. The van der Waals surface area contributed by atoms with E-state index in [4.69, 9.17) is 4.52 Å². The Balaban J connectivity index is 2.20. The molecule has 0 amide bonds. The van der Waals surface area contributed by atoms with Crippen LogP contribution in [0, 0.1) is 10.1 Å². The smallest absolute Gasteiger partial charge is 0.270 e. The number of nitro benzene ring substituents is 1. The number of hydrogen-bond donors (Lipinski definition) is 1. The summed E-state index contributed by atoms with van der Waals surface area (Å²) in [5.74, 6) is 0.828. The van der Waals surface area contributed by atoms with Crippen molar-refractivity contribution in [3.05, 3.63) is 40.3 Å². The zero-order valence-corrected chi connectivity index (χ0v) is 11.4. The van der Waals surface area contributed by atoms with Gasteiger partial charge in [0, 0.05) is 17.7 Å². The molecule has 106 valence electrons. The maximum atomic E-state index is 10.7. The number of benzene rings is 1. The second-order valence-electron chi connectivity index (χ2n) is 4.44. The van der Waals surface area contributed by atoms with Gasteiger partial charge >= 0.3 is 0 Å². The minimum absolute atomic E-state index is 0.00556. The predicted molar refractivity (Wildman–Crippen MR) is 73.1 cm³/mol. The molecule has 7 nitrogen and oxygen atoms in total. The van der Waals surface area contributed by atoms with Crippen molar-refractivity contribution in [1.82, 2.24) is 15.5 Å². The number of nitrogens with one attached hydrogen (secondary N) is 1. The Morgan fingerprint density at radius 2 is 2.30 bits per heavy atom. The molecule has 20 heavy (non-hydrogen) atoms. The molecule has 2 aromatic rings. The molecule has 0 bridgehead atoms. The zero-order chi connectivity index (χ0) is 14.5. The van der Waals surface area contributed by atoms with Gasteiger partial charge in [-0.2, -0.15) is 4.98 Å². The lowest BCUT2D eigenvalue weighted by Gasteiger charge is -2.06. The van der Waals surface area contributed by atoms with E-state index in [0.29, 0.717) is 17.3 Å². The number of hydrogen-bond acceptors (Lipinski definition) is 6. The fourth-order valence-electron chi connectivity index (χ4n) is 1.74. The van der Waals surface area contributed by atoms with Gasteiger partial charge in [0.25, 0.3) is 5.69 Å². The first-order valence-electron chi connectivity index (χ1n) is 6.43. The lowest BCUT2D eigenvalue weighted by molar-refractivity contribution is -0.384. The van der Waals surface area contributed by atoms with E-state index >= 15 is 0 Å². The van der Waals surface area contributed by atoms with Crippen LogP contribution in [0.15, 0.2) is 28.8 Å². The van der Waals surface area contributed by atoms with Crippen LogP contribution in [-0.4, -0.2) is 21.6 Å². The van der Waals surface area contributed by atoms with Crippen LogP contribution in [-0.2, 0) is 0 Å². The number of nitrogens with zero attached hydrogens (tertiary/aromatic N) is 3. The second kappa shape index (κ2) is 6.25. The molecule has 2 rings (SSSR count). The quantitative estimate of drug-likeness (QED) is 0.644. The number of non-ortho nitro benzene ring substituents is 1. The predicted octanol–water partition coefficient (Wildman–Crippen LogP) is 2.71. The third-order valence-corrected chi connectivity index (χ3v) is 2.83. The SMILES string of the molecule is CCCNC(C)c1nc(-c2cccc([N+](=O)[O-])c2)no1. The van der Waals surface area contributed by atoms with Gasteiger partial charge in [0.1, 0.15) is 0 Å². The van der Waals surface area contributed by atoms with E-state index in [2.05, 4.69) is 22.4 Å². The fraction of sp³-hybridized carbons (Fsp3) is 0.385. The zero-order valence-electron chi connectivity index (χ0n) is 11.4. The molecule has 1 atom stereocenters. The molecule has 7 heteroatoms. The molecule has 0 radical (unpaired) electrons. The van der Waals surface area contributed by atoms with Crippen molar-refractivity contribution in [3.8, 4) is 11.4 Å². The van der Waals surface area contributed by atoms with Gasteiger partial charge in [-0.05, 0) is 19.9 Å². The van der Waals surface area contributed by atoms with E-state index in [1.807, 2.05) is 6.92 Å². The van der Waals surface area contributed by atoms with Gasteiger partial charge in [-0.3, -0.25) is 10.1 Å². The molecule has 1 N–H and O–H groups in total. The van der Waals surface area contributed by atoms with E-state index in [9.17, 15) is 10.1 Å². The molecule has 0 saturated carbocycles. The Hall–Kier alpha value is -2.28. The highest BCUT2D eigenvalue weighted by atomic mass is 16.6. The molecule has 0 fully saturated rings. The maximum absolute atomic E-state index is 10.7. The van der Waals surface area contributed by atoms with Gasteiger partial charge in [0.15, 0.2) is 0 Å². The molecule has 1 aromatic carbocycles. The van der Waals surface area contributed by atoms with E-state index in [1.165, 1.54) is 12.1 Å². The Labute approximate surface area is 116 Å². The summed E-state index contributed by atoms with van der Waals surface area (Å²) in [5, 5.41) is 17.9. The first kappa shape index (κ1) is 14.1. The van der Waals surface area contributed by atoms with Crippen molar-refractivity contribution in [2.75, 3.05) is 6.54 Å². The minimum Gasteiger partial charge on any atom is -0.337 e. The molecule has 1 unspecified atom stereocenters. The molecule has 1 heterocycles. The largest absolute Gasteiger partial charge is 0.337 e. The van der Waals surface area contributed by atoms with Crippen LogP contribution in [0.4, 0.5) is 5.69 Å².